The number of likely N-dealkylation sites (N-methyl/N-ethyl adjacent to an activating group) is 1. The van der Waals surface area contributed by atoms with Crippen molar-refractivity contribution in [1.29, 1.82) is 0 Å². The van der Waals surface area contributed by atoms with Crippen LogP contribution in [0.25, 0.3) is 44.8 Å². The smallest absolute Gasteiger partial charge is 0.184 e. The molecule has 5 aromatic heterocycles. The number of fused-ring (bicyclic) bond motifs is 2. The number of pyridine rings is 3. The molecule has 0 saturated carbocycles. The van der Waals surface area contributed by atoms with Crippen LogP contribution in [0.15, 0.2) is 36.9 Å². The van der Waals surface area contributed by atoms with Crippen molar-refractivity contribution in [3.63, 3.8) is 0 Å². The normalized spacial score (nSPS) is 14.8. The minimum Gasteiger partial charge on any atom is -0.367 e. The second-order valence-corrected chi connectivity index (χ2v) is 9.05. The van der Waals surface area contributed by atoms with Crippen LogP contribution in [-0.2, 0) is 6.54 Å². The van der Waals surface area contributed by atoms with Gasteiger partial charge in [-0.3, -0.25) is 10.1 Å². The van der Waals surface area contributed by atoms with Crippen LogP contribution < -0.4 is 10.2 Å². The lowest BCUT2D eigenvalue weighted by molar-refractivity contribution is 0.313. The van der Waals surface area contributed by atoms with Crippen molar-refractivity contribution in [2.45, 2.75) is 13.5 Å². The number of rotatable bonds is 6. The summed E-state index contributed by atoms with van der Waals surface area (Å²) in [4.78, 5) is 25.8. The molecule has 6 rings (SSSR count). The maximum Gasteiger partial charge on any atom is 0.184 e. The molecule has 0 aliphatic carbocycles. The van der Waals surface area contributed by atoms with E-state index in [1.54, 1.807) is 18.6 Å². The van der Waals surface area contributed by atoms with Gasteiger partial charge >= 0.3 is 0 Å². The van der Waals surface area contributed by atoms with Crippen LogP contribution in [0, 0.1) is 5.82 Å². The summed E-state index contributed by atoms with van der Waals surface area (Å²) in [6.07, 6.45) is 6.69. The monoisotopic (exact) mass is 486 g/mol. The molecule has 3 N–H and O–H groups in total. The van der Waals surface area contributed by atoms with E-state index in [1.807, 2.05) is 19.1 Å². The Morgan fingerprint density at radius 3 is 2.78 bits per heavy atom. The van der Waals surface area contributed by atoms with Crippen LogP contribution in [0.5, 0.6) is 0 Å². The van der Waals surface area contributed by atoms with E-state index in [9.17, 15) is 0 Å². The average molecular weight is 487 g/mol. The number of nitrogens with zero attached hydrogens (tertiary/aromatic N) is 7. The topological polar surface area (TPSA) is 115 Å². The van der Waals surface area contributed by atoms with Gasteiger partial charge in [-0.25, -0.2) is 19.3 Å². The summed E-state index contributed by atoms with van der Waals surface area (Å²) in [6.45, 7) is 7.34. The molecule has 10 nitrogen and oxygen atoms in total. The second-order valence-electron chi connectivity index (χ2n) is 9.05. The molecule has 0 spiro atoms. The van der Waals surface area contributed by atoms with Crippen molar-refractivity contribution < 1.29 is 4.39 Å². The zero-order chi connectivity index (χ0) is 24.6. The zero-order valence-corrected chi connectivity index (χ0v) is 20.2. The van der Waals surface area contributed by atoms with Gasteiger partial charge in [0, 0.05) is 68.6 Å². The van der Waals surface area contributed by atoms with E-state index in [0.717, 1.165) is 49.5 Å². The Morgan fingerprint density at radius 1 is 1.08 bits per heavy atom. The Bertz CT molecular complexity index is 1530. The van der Waals surface area contributed by atoms with Crippen molar-refractivity contribution in [2.75, 3.05) is 44.7 Å². The summed E-state index contributed by atoms with van der Waals surface area (Å²) in [5.74, 6) is 0.0531. The molecule has 0 radical (unpaired) electrons. The van der Waals surface area contributed by atoms with Gasteiger partial charge < -0.3 is 20.1 Å². The van der Waals surface area contributed by atoms with Gasteiger partial charge in [-0.1, -0.05) is 6.92 Å². The third-order valence-electron chi connectivity index (χ3n) is 6.65. The summed E-state index contributed by atoms with van der Waals surface area (Å²) in [5, 5.41) is 10.7. The van der Waals surface area contributed by atoms with Crippen LogP contribution in [0.1, 0.15) is 12.5 Å². The summed E-state index contributed by atoms with van der Waals surface area (Å²) >= 11 is 0. The second kappa shape index (κ2) is 9.25. The molecule has 0 atom stereocenters. The first kappa shape index (κ1) is 22.5. The van der Waals surface area contributed by atoms with Crippen LogP contribution >= 0.6 is 0 Å². The summed E-state index contributed by atoms with van der Waals surface area (Å²) < 4.78 is 16.0. The fraction of sp³-hybridized carbons (Fsp3) is 0.320. The standard InChI is InChI=1S/C25H27FN10/c1-3-27-11-15-10-16(13-28-12-15)17-14-30-23-19(20(17)26)22(33-34-23)25-31-21-18(4-5-29-24(21)32-25)36-8-6-35(2)7-9-36/h4-5,10,12-14,27H,3,6-9,11H2,1-2H3,(H,29,31,32)(H,30,33,34). The highest BCUT2D eigenvalue weighted by atomic mass is 19.1. The molecule has 0 bridgehead atoms. The van der Waals surface area contributed by atoms with Gasteiger partial charge in [0.15, 0.2) is 17.1 Å². The lowest BCUT2D eigenvalue weighted by Crippen LogP contribution is -2.44. The Morgan fingerprint density at radius 2 is 1.94 bits per heavy atom. The molecule has 1 fully saturated rings. The highest BCUT2D eigenvalue weighted by molar-refractivity contribution is 5.95. The highest BCUT2D eigenvalue weighted by Crippen LogP contribution is 2.34. The molecule has 1 aliphatic rings. The van der Waals surface area contributed by atoms with Crippen LogP contribution in [0.4, 0.5) is 10.1 Å². The van der Waals surface area contributed by atoms with Crippen LogP contribution in [0.3, 0.4) is 0 Å². The molecule has 1 aliphatic heterocycles. The molecule has 184 valence electrons. The SMILES string of the molecule is CCNCc1cncc(-c2cnc3n[nH]c(-c4nc5nccc(N6CCN(C)CC6)c5[nH]4)c3c2F)c1. The van der Waals surface area contributed by atoms with Gasteiger partial charge in [0.1, 0.15) is 17.0 Å². The Labute approximate surface area is 207 Å². The van der Waals surface area contributed by atoms with E-state index < -0.39 is 5.82 Å². The van der Waals surface area contributed by atoms with Gasteiger partial charge in [0.2, 0.25) is 0 Å². The Hall–Kier alpha value is -3.96. The minimum atomic E-state index is -0.418. The van der Waals surface area contributed by atoms with Crippen molar-refractivity contribution in [2.24, 2.45) is 0 Å². The number of H-pyrrole nitrogens is 2. The fourth-order valence-corrected chi connectivity index (χ4v) is 4.65. The van der Waals surface area contributed by atoms with Crippen molar-refractivity contribution in [3.05, 3.63) is 48.3 Å². The first-order valence-electron chi connectivity index (χ1n) is 12.1. The minimum absolute atomic E-state index is 0.282. The number of anilines is 1. The number of hydrogen-bond acceptors (Lipinski definition) is 8. The summed E-state index contributed by atoms with van der Waals surface area (Å²) in [6, 6.07) is 3.92. The predicted octanol–water partition coefficient (Wildman–Crippen LogP) is 2.96. The maximum atomic E-state index is 16.0. The zero-order valence-electron chi connectivity index (χ0n) is 20.2. The van der Waals surface area contributed by atoms with Crippen LogP contribution in [-0.4, -0.2) is 79.8 Å². The van der Waals surface area contributed by atoms with E-state index in [0.29, 0.717) is 34.8 Å². The number of hydrogen-bond donors (Lipinski definition) is 3. The number of aromatic nitrogens is 7. The van der Waals surface area contributed by atoms with Gasteiger partial charge in [0.05, 0.1) is 11.1 Å². The fourth-order valence-electron chi connectivity index (χ4n) is 4.65. The molecular weight excluding hydrogens is 459 g/mol. The quantitative estimate of drug-likeness (QED) is 0.336. The van der Waals surface area contributed by atoms with Crippen LogP contribution in [0.2, 0.25) is 0 Å². The first-order valence-corrected chi connectivity index (χ1v) is 12.1. The number of halogens is 1. The number of imidazole rings is 1. The first-order chi connectivity index (χ1) is 17.6. The predicted molar refractivity (Wildman–Crippen MR) is 137 cm³/mol. The molecule has 0 aromatic carbocycles. The maximum absolute atomic E-state index is 16.0. The molecule has 0 unspecified atom stereocenters. The largest absolute Gasteiger partial charge is 0.367 e. The van der Waals surface area contributed by atoms with Gasteiger partial charge in [0.25, 0.3) is 0 Å². The lowest BCUT2D eigenvalue weighted by atomic mass is 10.1. The molecular formula is C25H27FN10. The molecule has 36 heavy (non-hydrogen) atoms. The van der Waals surface area contributed by atoms with Crippen molar-refractivity contribution in [1.82, 2.24) is 45.3 Å². The molecule has 5 aromatic rings. The Kier molecular flexibility index (Phi) is 5.78. The number of aromatic amines is 2. The van der Waals surface area contributed by atoms with Gasteiger partial charge in [-0.2, -0.15) is 5.10 Å². The van der Waals surface area contributed by atoms with E-state index >= 15 is 4.39 Å². The lowest BCUT2D eigenvalue weighted by Gasteiger charge is -2.34. The molecule has 6 heterocycles. The van der Waals surface area contributed by atoms with Crippen molar-refractivity contribution >= 4 is 27.9 Å². The van der Waals surface area contributed by atoms with Gasteiger partial charge in [-0.05, 0) is 31.3 Å². The average Bonchev–Trinajstić information content (AvgIpc) is 3.53. The van der Waals surface area contributed by atoms with E-state index in [4.69, 9.17) is 0 Å². The number of piperazine rings is 1. The summed E-state index contributed by atoms with van der Waals surface area (Å²) in [5.41, 5.74) is 5.17. The van der Waals surface area contributed by atoms with Gasteiger partial charge in [-0.15, -0.1) is 0 Å². The van der Waals surface area contributed by atoms with E-state index in [-0.39, 0.29) is 11.0 Å². The highest BCUT2D eigenvalue weighted by Gasteiger charge is 2.23. The van der Waals surface area contributed by atoms with E-state index in [2.05, 4.69) is 57.3 Å². The molecule has 0 amide bonds. The molecule has 1 saturated heterocycles. The third-order valence-corrected chi connectivity index (χ3v) is 6.65. The van der Waals surface area contributed by atoms with E-state index in [1.165, 1.54) is 6.20 Å². The molecule has 11 heteroatoms. The van der Waals surface area contributed by atoms with Crippen molar-refractivity contribution in [3.8, 4) is 22.6 Å². The Balaban J connectivity index is 1.42. The number of nitrogens with one attached hydrogen (secondary N) is 3. The third kappa shape index (κ3) is 3.95. The summed E-state index contributed by atoms with van der Waals surface area (Å²) in [7, 11) is 2.13.